The summed E-state index contributed by atoms with van der Waals surface area (Å²) >= 11 is 2.13. The fraction of sp³-hybridized carbons (Fsp3) is 0.938. The molecule has 3 heteroatoms. The molecule has 0 radical (unpaired) electrons. The maximum atomic E-state index is 9.45. The molecule has 19 heavy (non-hydrogen) atoms. The highest BCUT2D eigenvalue weighted by molar-refractivity contribution is 8.00. The number of hydrogen-bond donors (Lipinski definition) is 0. The summed E-state index contributed by atoms with van der Waals surface area (Å²) in [5.41, 5.74) is 0. The second-order valence-corrected chi connectivity index (χ2v) is 7.57. The Hall–Kier alpha value is -0.200. The summed E-state index contributed by atoms with van der Waals surface area (Å²) in [5.74, 6) is 2.41. The van der Waals surface area contributed by atoms with Crippen molar-refractivity contribution in [1.82, 2.24) is 4.90 Å². The molecule has 2 rings (SSSR count). The van der Waals surface area contributed by atoms with Gasteiger partial charge >= 0.3 is 0 Å². The van der Waals surface area contributed by atoms with E-state index in [0.717, 1.165) is 17.6 Å². The molecule has 4 atom stereocenters. The fourth-order valence-corrected chi connectivity index (χ4v) is 4.95. The molecule has 0 aromatic heterocycles. The van der Waals surface area contributed by atoms with Crippen LogP contribution < -0.4 is 0 Å². The van der Waals surface area contributed by atoms with Crippen LogP contribution in [0.15, 0.2) is 0 Å². The normalized spacial score (nSPS) is 36.9. The predicted molar refractivity (Wildman–Crippen MR) is 83.3 cm³/mol. The van der Waals surface area contributed by atoms with Crippen LogP contribution in [0.5, 0.6) is 0 Å². The minimum Gasteiger partial charge on any atom is -0.297 e. The summed E-state index contributed by atoms with van der Waals surface area (Å²) in [6.07, 6.45) is 7.60. The van der Waals surface area contributed by atoms with Gasteiger partial charge in [0.25, 0.3) is 0 Å². The van der Waals surface area contributed by atoms with E-state index in [1.54, 1.807) is 0 Å². The van der Waals surface area contributed by atoms with E-state index in [4.69, 9.17) is 0 Å². The van der Waals surface area contributed by atoms with Gasteiger partial charge in [0.1, 0.15) is 0 Å². The molecule has 2 nitrogen and oxygen atoms in total. The van der Waals surface area contributed by atoms with Gasteiger partial charge in [-0.2, -0.15) is 17.0 Å². The van der Waals surface area contributed by atoms with Crippen molar-refractivity contribution >= 4 is 11.8 Å². The van der Waals surface area contributed by atoms with E-state index in [2.05, 4.69) is 36.6 Å². The van der Waals surface area contributed by atoms with Crippen LogP contribution in [-0.4, -0.2) is 35.0 Å². The molecule has 0 bridgehead atoms. The van der Waals surface area contributed by atoms with Crippen molar-refractivity contribution < 1.29 is 0 Å². The molecule has 0 amide bonds. The monoisotopic (exact) mass is 280 g/mol. The Bertz CT molecular complexity index is 312. The molecular formula is C16H28N2S. The third-order valence-corrected chi connectivity index (χ3v) is 6.25. The SMILES string of the molecule is CCCC1CCC(C#N)C(N2CCSC(CC)C2)C1. The van der Waals surface area contributed by atoms with Crippen LogP contribution >= 0.6 is 11.8 Å². The Labute approximate surface area is 122 Å². The maximum absolute atomic E-state index is 9.45. The minimum atomic E-state index is 0.286. The van der Waals surface area contributed by atoms with E-state index in [0.29, 0.717) is 6.04 Å². The molecule has 1 heterocycles. The van der Waals surface area contributed by atoms with Gasteiger partial charge in [-0.1, -0.05) is 26.7 Å². The molecule has 2 fully saturated rings. The Morgan fingerprint density at radius 1 is 1.32 bits per heavy atom. The molecule has 1 saturated heterocycles. The average molecular weight is 280 g/mol. The van der Waals surface area contributed by atoms with Crippen molar-refractivity contribution in [3.8, 4) is 6.07 Å². The highest BCUT2D eigenvalue weighted by atomic mass is 32.2. The molecule has 0 aromatic carbocycles. The standard InChI is InChI=1S/C16H28N2S/c1-3-5-13-6-7-14(11-17)16(10-13)18-8-9-19-15(4-2)12-18/h13-16H,3-10,12H2,1-2H3. The number of thioether (sulfide) groups is 1. The summed E-state index contributed by atoms with van der Waals surface area (Å²) in [7, 11) is 0. The second-order valence-electron chi connectivity index (χ2n) is 6.17. The second kappa shape index (κ2) is 7.55. The van der Waals surface area contributed by atoms with Crippen LogP contribution in [0.25, 0.3) is 0 Å². The van der Waals surface area contributed by atoms with Gasteiger partial charge in [-0.3, -0.25) is 4.90 Å². The molecule has 4 unspecified atom stereocenters. The average Bonchev–Trinajstić information content (AvgIpc) is 2.47. The van der Waals surface area contributed by atoms with Crippen molar-refractivity contribution in [2.24, 2.45) is 11.8 Å². The largest absolute Gasteiger partial charge is 0.297 e. The van der Waals surface area contributed by atoms with Crippen molar-refractivity contribution in [3.05, 3.63) is 0 Å². The van der Waals surface area contributed by atoms with Crippen LogP contribution in [0.2, 0.25) is 0 Å². The van der Waals surface area contributed by atoms with Crippen LogP contribution in [-0.2, 0) is 0 Å². The van der Waals surface area contributed by atoms with E-state index < -0.39 is 0 Å². The molecular weight excluding hydrogens is 252 g/mol. The smallest absolute Gasteiger partial charge is 0.0672 e. The van der Waals surface area contributed by atoms with Gasteiger partial charge in [-0.05, 0) is 31.6 Å². The zero-order chi connectivity index (χ0) is 13.7. The first-order valence-corrected chi connectivity index (χ1v) is 9.08. The first-order chi connectivity index (χ1) is 9.28. The molecule has 0 spiro atoms. The third-order valence-electron chi connectivity index (χ3n) is 4.88. The minimum absolute atomic E-state index is 0.286. The highest BCUT2D eigenvalue weighted by Gasteiger charge is 2.36. The third kappa shape index (κ3) is 3.89. The van der Waals surface area contributed by atoms with E-state index in [-0.39, 0.29) is 5.92 Å². The molecule has 1 saturated carbocycles. The molecule has 108 valence electrons. The Kier molecular flexibility index (Phi) is 6.04. The first-order valence-electron chi connectivity index (χ1n) is 8.03. The van der Waals surface area contributed by atoms with Crippen molar-refractivity contribution in [1.29, 1.82) is 5.26 Å². The van der Waals surface area contributed by atoms with Gasteiger partial charge in [-0.25, -0.2) is 0 Å². The number of nitrogens with zero attached hydrogens (tertiary/aromatic N) is 2. The summed E-state index contributed by atoms with van der Waals surface area (Å²) in [6.45, 7) is 6.99. The highest BCUT2D eigenvalue weighted by Crippen LogP contribution is 2.36. The van der Waals surface area contributed by atoms with Gasteiger partial charge in [0.05, 0.1) is 12.0 Å². The summed E-state index contributed by atoms with van der Waals surface area (Å²) in [4.78, 5) is 2.65. The zero-order valence-electron chi connectivity index (χ0n) is 12.5. The topological polar surface area (TPSA) is 27.0 Å². The predicted octanol–water partition coefficient (Wildman–Crippen LogP) is 3.92. The van der Waals surface area contributed by atoms with Crippen LogP contribution in [0.4, 0.5) is 0 Å². The molecule has 1 aliphatic heterocycles. The van der Waals surface area contributed by atoms with Gasteiger partial charge in [-0.15, -0.1) is 0 Å². The van der Waals surface area contributed by atoms with Crippen molar-refractivity contribution in [2.75, 3.05) is 18.8 Å². The number of hydrogen-bond acceptors (Lipinski definition) is 3. The van der Waals surface area contributed by atoms with Crippen molar-refractivity contribution in [2.45, 2.75) is 63.7 Å². The lowest BCUT2D eigenvalue weighted by Gasteiger charge is -2.43. The lowest BCUT2D eigenvalue weighted by Crippen LogP contribution is -2.49. The number of nitriles is 1. The molecule has 0 aromatic rings. The Balaban J connectivity index is 1.99. The van der Waals surface area contributed by atoms with Crippen LogP contribution in [0, 0.1) is 23.2 Å². The lowest BCUT2D eigenvalue weighted by atomic mass is 9.76. The fourth-order valence-electron chi connectivity index (χ4n) is 3.75. The lowest BCUT2D eigenvalue weighted by molar-refractivity contribution is 0.100. The summed E-state index contributed by atoms with van der Waals surface area (Å²) < 4.78 is 0. The van der Waals surface area contributed by atoms with E-state index in [9.17, 15) is 5.26 Å². The quantitative estimate of drug-likeness (QED) is 0.781. The van der Waals surface area contributed by atoms with Gasteiger partial charge in [0.15, 0.2) is 0 Å². The number of rotatable bonds is 4. The van der Waals surface area contributed by atoms with Crippen LogP contribution in [0.3, 0.4) is 0 Å². The van der Waals surface area contributed by atoms with E-state index in [1.165, 1.54) is 50.9 Å². The molecule has 0 N–H and O–H groups in total. The van der Waals surface area contributed by atoms with E-state index in [1.807, 2.05) is 0 Å². The summed E-state index contributed by atoms with van der Waals surface area (Å²) in [5, 5.41) is 10.2. The van der Waals surface area contributed by atoms with Gasteiger partial charge in [0, 0.05) is 30.1 Å². The molecule has 2 aliphatic rings. The van der Waals surface area contributed by atoms with Crippen molar-refractivity contribution in [3.63, 3.8) is 0 Å². The van der Waals surface area contributed by atoms with Gasteiger partial charge in [0.2, 0.25) is 0 Å². The Morgan fingerprint density at radius 3 is 2.84 bits per heavy atom. The zero-order valence-corrected chi connectivity index (χ0v) is 13.3. The van der Waals surface area contributed by atoms with Gasteiger partial charge < -0.3 is 0 Å². The maximum Gasteiger partial charge on any atom is 0.0672 e. The first kappa shape index (κ1) is 15.2. The summed E-state index contributed by atoms with van der Waals surface area (Å²) in [6, 6.07) is 3.14. The van der Waals surface area contributed by atoms with E-state index >= 15 is 0 Å². The van der Waals surface area contributed by atoms with Crippen LogP contribution in [0.1, 0.15) is 52.4 Å². The Morgan fingerprint density at radius 2 is 2.16 bits per heavy atom. The molecule has 1 aliphatic carbocycles.